The van der Waals surface area contributed by atoms with E-state index in [1.807, 2.05) is 12.1 Å². The van der Waals surface area contributed by atoms with Crippen LogP contribution < -0.4 is 10.2 Å². The van der Waals surface area contributed by atoms with Crippen LogP contribution in [0.5, 0.6) is 0 Å². The molecule has 142 valence electrons. The van der Waals surface area contributed by atoms with E-state index in [2.05, 4.69) is 40.3 Å². The molecule has 0 atom stereocenters. The second kappa shape index (κ2) is 7.68. The van der Waals surface area contributed by atoms with Gasteiger partial charge >= 0.3 is 0 Å². The van der Waals surface area contributed by atoms with Gasteiger partial charge < -0.3 is 14.7 Å². The number of hydrogen-bond acceptors (Lipinski definition) is 6. The summed E-state index contributed by atoms with van der Waals surface area (Å²) in [7, 11) is 0. The first-order valence-corrected chi connectivity index (χ1v) is 10.4. The molecule has 0 bridgehead atoms. The summed E-state index contributed by atoms with van der Waals surface area (Å²) in [5.41, 5.74) is 2.63. The average Bonchev–Trinajstić information content (AvgIpc) is 3.45. The summed E-state index contributed by atoms with van der Waals surface area (Å²) in [5.74, 6) is -0.0726. The molecule has 1 amide bonds. The number of benzene rings is 1. The molecule has 3 heterocycles. The number of fused-ring (bicyclic) bond motifs is 1. The fourth-order valence-corrected chi connectivity index (χ4v) is 4.30. The highest BCUT2D eigenvalue weighted by Gasteiger charge is 2.20. The summed E-state index contributed by atoms with van der Waals surface area (Å²) in [6, 6.07) is 6.40. The molecule has 4 rings (SSSR count). The van der Waals surface area contributed by atoms with Gasteiger partial charge in [0.05, 0.1) is 11.6 Å². The van der Waals surface area contributed by atoms with E-state index < -0.39 is 0 Å². The maximum atomic E-state index is 12.4. The molecule has 1 N–H and O–H groups in total. The summed E-state index contributed by atoms with van der Waals surface area (Å²) >= 11 is 1.35. The Kier molecular flexibility index (Phi) is 5.11. The van der Waals surface area contributed by atoms with Crippen molar-refractivity contribution in [3.63, 3.8) is 0 Å². The van der Waals surface area contributed by atoms with Crippen molar-refractivity contribution in [2.24, 2.45) is 0 Å². The summed E-state index contributed by atoms with van der Waals surface area (Å²) < 4.78 is 5.56. The van der Waals surface area contributed by atoms with Gasteiger partial charge in [0.15, 0.2) is 5.58 Å². The van der Waals surface area contributed by atoms with Crippen LogP contribution in [0.2, 0.25) is 0 Å². The van der Waals surface area contributed by atoms with E-state index in [0.29, 0.717) is 15.6 Å². The minimum Gasteiger partial charge on any atom is -0.371 e. The van der Waals surface area contributed by atoms with E-state index in [-0.39, 0.29) is 11.9 Å². The van der Waals surface area contributed by atoms with Gasteiger partial charge in [-0.05, 0) is 37.8 Å². The lowest BCUT2D eigenvalue weighted by Crippen LogP contribution is -2.33. The number of carbonyl (C=O) groups excluding carboxylic acids is 1. The van der Waals surface area contributed by atoms with Gasteiger partial charge in [-0.25, -0.2) is 4.98 Å². The number of carbonyl (C=O) groups is 1. The third-order valence-corrected chi connectivity index (χ3v) is 6.18. The molecular weight excluding hydrogens is 360 g/mol. The molecule has 0 unspecified atom stereocenters. The Morgan fingerprint density at radius 3 is 2.81 bits per heavy atom. The Labute approximate surface area is 162 Å². The molecule has 2 aromatic heterocycles. The maximum absolute atomic E-state index is 12.4. The Hall–Kier alpha value is -2.41. The second-order valence-corrected chi connectivity index (χ2v) is 7.95. The van der Waals surface area contributed by atoms with Crippen molar-refractivity contribution in [2.75, 3.05) is 18.0 Å². The van der Waals surface area contributed by atoms with E-state index >= 15 is 0 Å². The first-order chi connectivity index (χ1) is 13.2. The SMILES string of the molecule is CCC(CC)NC(=O)c1cnc(-c2noc3cc(N4CCCC4)ccc23)s1. The number of thiazole rings is 1. The number of aromatic nitrogens is 2. The summed E-state index contributed by atoms with van der Waals surface area (Å²) in [6.45, 7) is 6.33. The number of nitrogens with one attached hydrogen (secondary N) is 1. The van der Waals surface area contributed by atoms with Gasteiger partial charge in [0.25, 0.3) is 5.91 Å². The van der Waals surface area contributed by atoms with Gasteiger partial charge in [-0.15, -0.1) is 11.3 Å². The van der Waals surface area contributed by atoms with Crippen molar-refractivity contribution in [1.29, 1.82) is 0 Å². The zero-order valence-electron chi connectivity index (χ0n) is 15.7. The number of amides is 1. The average molecular weight is 385 g/mol. The standard InChI is InChI=1S/C20H24N4O2S/c1-3-13(4-2)22-19(25)17-12-21-20(27-17)18-15-8-7-14(11-16(15)26-23-18)24-9-5-6-10-24/h7-8,11-13H,3-6,9-10H2,1-2H3,(H,22,25). The molecular formula is C20H24N4O2S. The monoisotopic (exact) mass is 384 g/mol. The molecule has 0 saturated carbocycles. The summed E-state index contributed by atoms with van der Waals surface area (Å²) in [6.07, 6.45) is 5.93. The molecule has 6 nitrogen and oxygen atoms in total. The van der Waals surface area contributed by atoms with Crippen LogP contribution in [0.3, 0.4) is 0 Å². The van der Waals surface area contributed by atoms with Crippen molar-refractivity contribution in [3.05, 3.63) is 29.3 Å². The summed E-state index contributed by atoms with van der Waals surface area (Å²) in [5, 5.41) is 8.91. The van der Waals surface area contributed by atoms with Gasteiger partial charge in [-0.3, -0.25) is 4.79 Å². The van der Waals surface area contributed by atoms with Crippen LogP contribution in [0.4, 0.5) is 5.69 Å². The Morgan fingerprint density at radius 1 is 1.30 bits per heavy atom. The van der Waals surface area contributed by atoms with Crippen LogP contribution in [0, 0.1) is 0 Å². The molecule has 1 fully saturated rings. The highest BCUT2D eigenvalue weighted by molar-refractivity contribution is 7.17. The van der Waals surface area contributed by atoms with E-state index in [1.165, 1.54) is 29.9 Å². The van der Waals surface area contributed by atoms with Crippen LogP contribution in [0.25, 0.3) is 21.7 Å². The van der Waals surface area contributed by atoms with Gasteiger partial charge in [0.1, 0.15) is 15.6 Å². The minimum atomic E-state index is -0.0726. The molecule has 1 saturated heterocycles. The lowest BCUT2D eigenvalue weighted by atomic mass is 10.2. The maximum Gasteiger partial charge on any atom is 0.263 e. The molecule has 27 heavy (non-hydrogen) atoms. The van der Waals surface area contributed by atoms with Crippen LogP contribution >= 0.6 is 11.3 Å². The third kappa shape index (κ3) is 3.56. The highest BCUT2D eigenvalue weighted by Crippen LogP contribution is 2.33. The Balaban J connectivity index is 1.57. The topological polar surface area (TPSA) is 71.3 Å². The van der Waals surface area contributed by atoms with Gasteiger partial charge in [-0.2, -0.15) is 0 Å². The molecule has 1 aliphatic rings. The molecule has 0 spiro atoms. The minimum absolute atomic E-state index is 0.0726. The van der Waals surface area contributed by atoms with Crippen molar-refractivity contribution in [3.8, 4) is 10.7 Å². The fraction of sp³-hybridized carbons (Fsp3) is 0.450. The van der Waals surface area contributed by atoms with E-state index in [0.717, 1.165) is 36.9 Å². The number of rotatable bonds is 6. The van der Waals surface area contributed by atoms with Crippen LogP contribution in [-0.2, 0) is 0 Å². The quantitative estimate of drug-likeness (QED) is 0.679. The number of hydrogen-bond donors (Lipinski definition) is 1. The first kappa shape index (κ1) is 18.0. The zero-order chi connectivity index (χ0) is 18.8. The predicted octanol–water partition coefficient (Wildman–Crippen LogP) is 4.47. The smallest absolute Gasteiger partial charge is 0.263 e. The molecule has 1 aromatic carbocycles. The third-order valence-electron chi connectivity index (χ3n) is 5.18. The lowest BCUT2D eigenvalue weighted by molar-refractivity contribution is 0.0939. The van der Waals surface area contributed by atoms with E-state index in [1.54, 1.807) is 6.20 Å². The fourth-order valence-electron chi connectivity index (χ4n) is 3.49. The number of anilines is 1. The Morgan fingerprint density at radius 2 is 2.07 bits per heavy atom. The van der Waals surface area contributed by atoms with Crippen molar-refractivity contribution in [2.45, 2.75) is 45.6 Å². The predicted molar refractivity (Wildman–Crippen MR) is 108 cm³/mol. The lowest BCUT2D eigenvalue weighted by Gasteiger charge is -2.16. The first-order valence-electron chi connectivity index (χ1n) is 9.61. The van der Waals surface area contributed by atoms with Gasteiger partial charge in [-0.1, -0.05) is 19.0 Å². The molecule has 0 radical (unpaired) electrons. The van der Waals surface area contributed by atoms with Crippen molar-refractivity contribution in [1.82, 2.24) is 15.5 Å². The molecule has 1 aliphatic heterocycles. The van der Waals surface area contributed by atoms with E-state index in [4.69, 9.17) is 4.52 Å². The van der Waals surface area contributed by atoms with Crippen LogP contribution in [0.15, 0.2) is 28.9 Å². The summed E-state index contributed by atoms with van der Waals surface area (Å²) in [4.78, 5) is 19.8. The van der Waals surface area contributed by atoms with Crippen LogP contribution in [0.1, 0.15) is 49.2 Å². The highest BCUT2D eigenvalue weighted by atomic mass is 32.1. The number of nitrogens with zero attached hydrogens (tertiary/aromatic N) is 3. The van der Waals surface area contributed by atoms with Crippen molar-refractivity contribution < 1.29 is 9.32 Å². The normalized spacial score (nSPS) is 14.4. The van der Waals surface area contributed by atoms with Gasteiger partial charge in [0.2, 0.25) is 0 Å². The molecule has 3 aromatic rings. The van der Waals surface area contributed by atoms with Gasteiger partial charge in [0, 0.05) is 30.9 Å². The largest absolute Gasteiger partial charge is 0.371 e. The van der Waals surface area contributed by atoms with Crippen LogP contribution in [-0.4, -0.2) is 35.2 Å². The molecule has 0 aliphatic carbocycles. The van der Waals surface area contributed by atoms with E-state index in [9.17, 15) is 4.79 Å². The second-order valence-electron chi connectivity index (χ2n) is 6.92. The molecule has 7 heteroatoms. The van der Waals surface area contributed by atoms with Crippen molar-refractivity contribution >= 4 is 33.9 Å². The Bertz CT molecular complexity index is 939. The zero-order valence-corrected chi connectivity index (χ0v) is 16.5.